The van der Waals surface area contributed by atoms with E-state index in [9.17, 15) is 14.4 Å². The fourth-order valence-corrected chi connectivity index (χ4v) is 5.51. The molecule has 124 valence electrons. The van der Waals surface area contributed by atoms with Crippen molar-refractivity contribution < 1.29 is 14.4 Å². The lowest BCUT2D eigenvalue weighted by atomic mass is 9.85. The molecule has 5 rings (SSSR count). The number of fused-ring (bicyclic) bond motifs is 3. The molecule has 3 fully saturated rings. The lowest BCUT2D eigenvalue weighted by molar-refractivity contribution is -0.144. The molecule has 3 aliphatic carbocycles. The third kappa shape index (κ3) is 1.57. The summed E-state index contributed by atoms with van der Waals surface area (Å²) >= 11 is 3.26. The van der Waals surface area contributed by atoms with E-state index in [1.54, 1.807) is 13.2 Å². The molecule has 1 aromatic rings. The minimum Gasteiger partial charge on any atom is -0.274 e. The number of allylic oxidation sites excluding steroid dienone is 2. The fraction of sp³-hybridized carbons (Fsp3) is 0.500. The summed E-state index contributed by atoms with van der Waals surface area (Å²) in [7, 11) is 1.69. The molecule has 0 aromatic carbocycles. The standard InChI is InChI=1S/C16H15BrN4O3/c1-20-6-9(17)12(18-20)13(22)19-21-14(23)10-7-2-3-8(11(10)15(21)24)16(7)4-5-16/h2-3,6-8,10-11H,4-5H2,1H3,(H,19,22)/t7-,8+,10-,11-/m0/s1. The van der Waals surface area contributed by atoms with Crippen LogP contribution in [0.2, 0.25) is 0 Å². The van der Waals surface area contributed by atoms with E-state index in [2.05, 4.69) is 38.6 Å². The Morgan fingerprint density at radius 3 is 2.29 bits per heavy atom. The van der Waals surface area contributed by atoms with Gasteiger partial charge in [-0.3, -0.25) is 24.5 Å². The Hall–Kier alpha value is -1.96. The van der Waals surface area contributed by atoms with Crippen molar-refractivity contribution in [3.63, 3.8) is 0 Å². The molecular weight excluding hydrogens is 376 g/mol. The average molecular weight is 391 g/mol. The number of hydrazine groups is 1. The maximum absolute atomic E-state index is 12.8. The highest BCUT2D eigenvalue weighted by atomic mass is 79.9. The number of hydrogen-bond donors (Lipinski definition) is 1. The maximum atomic E-state index is 12.8. The summed E-state index contributed by atoms with van der Waals surface area (Å²) in [5.74, 6) is -1.47. The quantitative estimate of drug-likeness (QED) is 0.603. The summed E-state index contributed by atoms with van der Waals surface area (Å²) in [6.45, 7) is 0. The Labute approximate surface area is 146 Å². The number of imide groups is 1. The van der Waals surface area contributed by atoms with Crippen LogP contribution < -0.4 is 5.43 Å². The van der Waals surface area contributed by atoms with E-state index in [-0.39, 0.29) is 46.6 Å². The first-order chi connectivity index (χ1) is 11.4. The van der Waals surface area contributed by atoms with E-state index in [0.717, 1.165) is 17.9 Å². The molecule has 0 radical (unpaired) electrons. The lowest BCUT2D eigenvalue weighted by Crippen LogP contribution is -2.48. The highest BCUT2D eigenvalue weighted by Gasteiger charge is 2.73. The number of nitrogens with one attached hydrogen (secondary N) is 1. The van der Waals surface area contributed by atoms with E-state index < -0.39 is 5.91 Å². The summed E-state index contributed by atoms with van der Waals surface area (Å²) in [5.41, 5.74) is 2.76. The van der Waals surface area contributed by atoms with Crippen LogP contribution in [0.5, 0.6) is 0 Å². The van der Waals surface area contributed by atoms with Crippen LogP contribution in [-0.4, -0.2) is 32.5 Å². The van der Waals surface area contributed by atoms with Crippen molar-refractivity contribution >= 4 is 33.7 Å². The van der Waals surface area contributed by atoms with Crippen molar-refractivity contribution in [2.75, 3.05) is 0 Å². The Balaban J connectivity index is 1.42. The number of nitrogens with zero attached hydrogens (tertiary/aromatic N) is 3. The number of aryl methyl sites for hydroxylation is 1. The first kappa shape index (κ1) is 14.4. The first-order valence-electron chi connectivity index (χ1n) is 8.00. The summed E-state index contributed by atoms with van der Waals surface area (Å²) in [6.07, 6.45) is 8.03. The first-order valence-corrected chi connectivity index (χ1v) is 8.79. The van der Waals surface area contributed by atoms with Gasteiger partial charge in [-0.25, -0.2) is 0 Å². The second-order valence-corrected chi connectivity index (χ2v) is 8.03. The van der Waals surface area contributed by atoms with E-state index in [1.807, 2.05) is 0 Å². The van der Waals surface area contributed by atoms with E-state index in [4.69, 9.17) is 0 Å². The van der Waals surface area contributed by atoms with Gasteiger partial charge in [-0.1, -0.05) is 12.2 Å². The Morgan fingerprint density at radius 1 is 1.25 bits per heavy atom. The van der Waals surface area contributed by atoms with Gasteiger partial charge >= 0.3 is 0 Å². The van der Waals surface area contributed by atoms with Gasteiger partial charge in [0.1, 0.15) is 0 Å². The van der Waals surface area contributed by atoms with Gasteiger partial charge in [0.2, 0.25) is 0 Å². The number of amides is 3. The predicted octanol–water partition coefficient (Wildman–Crippen LogP) is 1.02. The van der Waals surface area contributed by atoms with Gasteiger partial charge in [0.15, 0.2) is 5.69 Å². The molecule has 1 saturated heterocycles. The molecule has 4 aliphatic rings. The van der Waals surface area contributed by atoms with Crippen LogP contribution in [0.1, 0.15) is 23.3 Å². The molecule has 2 bridgehead atoms. The SMILES string of the molecule is Cn1cc(Br)c(C(=O)NN2C(=O)[C@@H]3[C@@H](C2=O)[C@@H]2C=C[C@H]3C23CC3)n1. The van der Waals surface area contributed by atoms with Crippen molar-refractivity contribution in [3.8, 4) is 0 Å². The molecule has 1 N–H and O–H groups in total. The van der Waals surface area contributed by atoms with Crippen molar-refractivity contribution in [2.24, 2.45) is 36.1 Å². The lowest BCUT2D eigenvalue weighted by Gasteiger charge is -2.21. The van der Waals surface area contributed by atoms with Crippen LogP contribution in [-0.2, 0) is 16.6 Å². The van der Waals surface area contributed by atoms with Crippen molar-refractivity contribution in [2.45, 2.75) is 12.8 Å². The normalized spacial score (nSPS) is 34.3. The fourth-order valence-electron chi connectivity index (χ4n) is 4.96. The Bertz CT molecular complexity index is 806. The molecule has 24 heavy (non-hydrogen) atoms. The van der Waals surface area contributed by atoms with Crippen molar-refractivity contribution in [3.05, 3.63) is 28.5 Å². The average Bonchev–Trinajstić information content (AvgIpc) is 2.99. The smallest absolute Gasteiger partial charge is 0.274 e. The number of carbonyl (C=O) groups is 3. The molecule has 1 aromatic heterocycles. The van der Waals surface area contributed by atoms with Gasteiger partial charge in [0.05, 0.1) is 16.3 Å². The Morgan fingerprint density at radius 2 is 1.83 bits per heavy atom. The zero-order valence-corrected chi connectivity index (χ0v) is 14.5. The van der Waals surface area contributed by atoms with Gasteiger partial charge < -0.3 is 0 Å². The van der Waals surface area contributed by atoms with Crippen LogP contribution in [0.4, 0.5) is 0 Å². The zero-order chi connectivity index (χ0) is 16.8. The van der Waals surface area contributed by atoms with E-state index in [0.29, 0.717) is 4.47 Å². The molecule has 8 heteroatoms. The van der Waals surface area contributed by atoms with Crippen LogP contribution in [0.15, 0.2) is 22.8 Å². The minimum atomic E-state index is -0.564. The monoisotopic (exact) mass is 390 g/mol. The highest BCUT2D eigenvalue weighted by Crippen LogP contribution is 2.73. The topological polar surface area (TPSA) is 84.3 Å². The molecule has 1 aliphatic heterocycles. The van der Waals surface area contributed by atoms with Crippen molar-refractivity contribution in [1.29, 1.82) is 0 Å². The molecule has 2 saturated carbocycles. The molecule has 1 spiro atoms. The van der Waals surface area contributed by atoms with Gasteiger partial charge in [-0.2, -0.15) is 10.1 Å². The zero-order valence-electron chi connectivity index (χ0n) is 12.9. The van der Waals surface area contributed by atoms with E-state index in [1.165, 1.54) is 4.68 Å². The third-order valence-electron chi connectivity index (χ3n) is 6.07. The number of carbonyl (C=O) groups excluding carboxylic acids is 3. The molecular formula is C16H15BrN4O3. The van der Waals surface area contributed by atoms with Gasteiger partial charge in [-0.05, 0) is 46.0 Å². The number of halogens is 1. The largest absolute Gasteiger partial charge is 0.291 e. The van der Waals surface area contributed by atoms with Crippen molar-refractivity contribution in [1.82, 2.24) is 20.2 Å². The molecule has 7 nitrogen and oxygen atoms in total. The van der Waals surface area contributed by atoms with Crippen LogP contribution in [0, 0.1) is 29.1 Å². The van der Waals surface area contributed by atoms with Crippen LogP contribution in [0.25, 0.3) is 0 Å². The minimum absolute atomic E-state index is 0.146. The Kier molecular flexibility index (Phi) is 2.61. The molecule has 0 unspecified atom stereocenters. The highest BCUT2D eigenvalue weighted by molar-refractivity contribution is 9.10. The van der Waals surface area contributed by atoms with Crippen LogP contribution >= 0.6 is 15.9 Å². The molecule has 3 amide bonds. The van der Waals surface area contributed by atoms with Gasteiger partial charge in [0.25, 0.3) is 17.7 Å². The van der Waals surface area contributed by atoms with Gasteiger partial charge in [-0.15, -0.1) is 0 Å². The summed E-state index contributed by atoms with van der Waals surface area (Å²) in [4.78, 5) is 37.9. The summed E-state index contributed by atoms with van der Waals surface area (Å²) in [6, 6.07) is 0. The number of aromatic nitrogens is 2. The number of hydrogen-bond acceptors (Lipinski definition) is 4. The summed E-state index contributed by atoms with van der Waals surface area (Å²) < 4.78 is 2.00. The van der Waals surface area contributed by atoms with Crippen LogP contribution in [0.3, 0.4) is 0 Å². The van der Waals surface area contributed by atoms with Gasteiger partial charge in [0, 0.05) is 13.2 Å². The second-order valence-electron chi connectivity index (χ2n) is 7.17. The number of rotatable bonds is 2. The second kappa shape index (κ2) is 4.36. The summed E-state index contributed by atoms with van der Waals surface area (Å²) in [5, 5.41) is 4.96. The maximum Gasteiger partial charge on any atom is 0.291 e. The predicted molar refractivity (Wildman–Crippen MR) is 85.0 cm³/mol. The molecule has 4 atom stereocenters. The molecule has 2 heterocycles. The van der Waals surface area contributed by atoms with E-state index >= 15 is 0 Å². The third-order valence-corrected chi connectivity index (χ3v) is 6.65.